The van der Waals surface area contributed by atoms with Crippen molar-refractivity contribution in [3.8, 4) is 5.75 Å². The molecule has 0 aliphatic carbocycles. The number of aromatic hydroxyl groups is 1. The number of amides is 2. The molecule has 1 aromatic heterocycles. The molecular formula is C21H19N3O3S. The Morgan fingerprint density at radius 3 is 2.82 bits per heavy atom. The van der Waals surface area contributed by atoms with Crippen LogP contribution in [0.2, 0.25) is 0 Å². The fourth-order valence-electron chi connectivity index (χ4n) is 3.58. The van der Waals surface area contributed by atoms with E-state index in [9.17, 15) is 14.7 Å². The van der Waals surface area contributed by atoms with Crippen molar-refractivity contribution in [2.24, 2.45) is 0 Å². The monoisotopic (exact) mass is 393 g/mol. The van der Waals surface area contributed by atoms with E-state index >= 15 is 0 Å². The lowest BCUT2D eigenvalue weighted by atomic mass is 10.0. The first-order valence-corrected chi connectivity index (χ1v) is 9.73. The van der Waals surface area contributed by atoms with Crippen molar-refractivity contribution in [2.45, 2.75) is 26.4 Å². The van der Waals surface area contributed by atoms with Gasteiger partial charge >= 0.3 is 0 Å². The standard InChI is InChI=1S/C21H19N3O3S/c1-12-6-7-16(25)15(10-12)18(19(26)23-21-22-8-9-28-21)24-11-14-5-3-4-13(2)17(14)20(24)27/h3-10,18,25H,11H2,1-2H3,(H,22,23,26). The summed E-state index contributed by atoms with van der Waals surface area (Å²) in [7, 11) is 0. The Labute approximate surface area is 166 Å². The minimum absolute atomic E-state index is 0.0228. The molecule has 2 heterocycles. The van der Waals surface area contributed by atoms with Crippen molar-refractivity contribution < 1.29 is 14.7 Å². The highest BCUT2D eigenvalue weighted by atomic mass is 32.1. The van der Waals surface area contributed by atoms with Gasteiger partial charge in [0.05, 0.1) is 0 Å². The van der Waals surface area contributed by atoms with Crippen LogP contribution < -0.4 is 5.32 Å². The average molecular weight is 393 g/mol. The first kappa shape index (κ1) is 18.2. The van der Waals surface area contributed by atoms with E-state index in [-0.39, 0.29) is 11.7 Å². The Hall–Kier alpha value is -3.19. The lowest BCUT2D eigenvalue weighted by Gasteiger charge is -2.27. The van der Waals surface area contributed by atoms with E-state index in [1.165, 1.54) is 16.2 Å². The zero-order valence-electron chi connectivity index (χ0n) is 15.5. The number of aromatic nitrogens is 1. The van der Waals surface area contributed by atoms with E-state index < -0.39 is 11.9 Å². The molecule has 0 bridgehead atoms. The highest BCUT2D eigenvalue weighted by Gasteiger charge is 2.39. The second kappa shape index (κ2) is 7.09. The highest BCUT2D eigenvalue weighted by Crippen LogP contribution is 2.37. The first-order chi connectivity index (χ1) is 13.5. The molecule has 1 aliphatic rings. The topological polar surface area (TPSA) is 82.5 Å². The third kappa shape index (κ3) is 3.14. The Morgan fingerprint density at radius 2 is 2.11 bits per heavy atom. The van der Waals surface area contributed by atoms with Crippen LogP contribution >= 0.6 is 11.3 Å². The van der Waals surface area contributed by atoms with E-state index in [1.54, 1.807) is 29.8 Å². The number of carbonyl (C=O) groups is 2. The van der Waals surface area contributed by atoms with E-state index in [0.29, 0.717) is 22.8 Å². The summed E-state index contributed by atoms with van der Waals surface area (Å²) in [4.78, 5) is 32.0. The number of aryl methyl sites for hydroxylation is 2. The van der Waals surface area contributed by atoms with Crippen molar-refractivity contribution in [3.05, 3.63) is 75.8 Å². The van der Waals surface area contributed by atoms with Gasteiger partial charge in [0.25, 0.3) is 11.8 Å². The van der Waals surface area contributed by atoms with Crippen LogP contribution in [0.15, 0.2) is 48.0 Å². The van der Waals surface area contributed by atoms with Crippen LogP contribution in [0.5, 0.6) is 5.75 Å². The average Bonchev–Trinajstić information content (AvgIpc) is 3.27. The number of rotatable bonds is 4. The van der Waals surface area contributed by atoms with Gasteiger partial charge in [-0.3, -0.25) is 14.9 Å². The van der Waals surface area contributed by atoms with E-state index in [0.717, 1.165) is 16.7 Å². The predicted octanol–water partition coefficient (Wildman–Crippen LogP) is 3.80. The second-order valence-electron chi connectivity index (χ2n) is 6.83. The largest absolute Gasteiger partial charge is 0.508 e. The van der Waals surface area contributed by atoms with Crippen LogP contribution in [0.1, 0.15) is 38.7 Å². The summed E-state index contributed by atoms with van der Waals surface area (Å²) in [5, 5.41) is 15.4. The Balaban J connectivity index is 1.78. The van der Waals surface area contributed by atoms with Gasteiger partial charge < -0.3 is 10.0 Å². The summed E-state index contributed by atoms with van der Waals surface area (Å²) in [6.07, 6.45) is 1.60. The second-order valence-corrected chi connectivity index (χ2v) is 7.73. The third-order valence-corrected chi connectivity index (χ3v) is 5.56. The molecule has 0 fully saturated rings. The summed E-state index contributed by atoms with van der Waals surface area (Å²) in [5.74, 6) is -0.645. The number of hydrogen-bond donors (Lipinski definition) is 2. The van der Waals surface area contributed by atoms with Gasteiger partial charge in [0.1, 0.15) is 11.8 Å². The van der Waals surface area contributed by atoms with Crippen LogP contribution in [-0.4, -0.2) is 26.8 Å². The molecule has 2 amide bonds. The minimum atomic E-state index is -0.969. The Kier molecular flexibility index (Phi) is 4.60. The summed E-state index contributed by atoms with van der Waals surface area (Å²) in [5.41, 5.74) is 3.66. The summed E-state index contributed by atoms with van der Waals surface area (Å²) in [6, 6.07) is 9.76. The molecule has 7 heteroatoms. The van der Waals surface area contributed by atoms with E-state index in [2.05, 4.69) is 10.3 Å². The fourth-order valence-corrected chi connectivity index (χ4v) is 4.11. The quantitative estimate of drug-likeness (QED) is 0.706. The molecule has 0 spiro atoms. The minimum Gasteiger partial charge on any atom is -0.508 e. The summed E-state index contributed by atoms with van der Waals surface area (Å²) < 4.78 is 0. The smallest absolute Gasteiger partial charge is 0.255 e. The molecule has 6 nitrogen and oxygen atoms in total. The lowest BCUT2D eigenvalue weighted by Crippen LogP contribution is -2.37. The molecule has 28 heavy (non-hydrogen) atoms. The van der Waals surface area contributed by atoms with Gasteiger partial charge in [-0.1, -0.05) is 29.8 Å². The molecule has 0 saturated carbocycles. The maximum absolute atomic E-state index is 13.2. The lowest BCUT2D eigenvalue weighted by molar-refractivity contribution is -0.120. The fraction of sp³-hybridized carbons (Fsp3) is 0.190. The van der Waals surface area contributed by atoms with Crippen LogP contribution in [0, 0.1) is 13.8 Å². The number of carbonyl (C=O) groups excluding carboxylic acids is 2. The number of benzene rings is 2. The van der Waals surface area contributed by atoms with Crippen molar-refractivity contribution >= 4 is 28.3 Å². The van der Waals surface area contributed by atoms with Crippen molar-refractivity contribution in [3.63, 3.8) is 0 Å². The van der Waals surface area contributed by atoms with Crippen LogP contribution in [0.4, 0.5) is 5.13 Å². The molecule has 2 N–H and O–H groups in total. The maximum Gasteiger partial charge on any atom is 0.255 e. The predicted molar refractivity (Wildman–Crippen MR) is 107 cm³/mol. The number of thiazole rings is 1. The number of fused-ring (bicyclic) bond motifs is 1. The molecule has 142 valence electrons. The zero-order valence-corrected chi connectivity index (χ0v) is 16.3. The normalized spacial score (nSPS) is 14.1. The molecular weight excluding hydrogens is 374 g/mol. The molecule has 3 aromatic rings. The highest BCUT2D eigenvalue weighted by molar-refractivity contribution is 7.13. The number of phenols is 1. The van der Waals surface area contributed by atoms with Crippen molar-refractivity contribution in [1.82, 2.24) is 9.88 Å². The van der Waals surface area contributed by atoms with Crippen LogP contribution in [0.3, 0.4) is 0 Å². The van der Waals surface area contributed by atoms with Gasteiger partial charge in [-0.15, -0.1) is 11.3 Å². The van der Waals surface area contributed by atoms with E-state index in [4.69, 9.17) is 0 Å². The number of nitrogens with zero attached hydrogens (tertiary/aromatic N) is 2. The van der Waals surface area contributed by atoms with Crippen LogP contribution in [0.25, 0.3) is 0 Å². The van der Waals surface area contributed by atoms with Gasteiger partial charge in [0, 0.05) is 29.2 Å². The number of nitrogens with one attached hydrogen (secondary N) is 1. The Morgan fingerprint density at radius 1 is 1.29 bits per heavy atom. The number of hydrogen-bond acceptors (Lipinski definition) is 5. The van der Waals surface area contributed by atoms with Gasteiger partial charge in [0.15, 0.2) is 5.13 Å². The number of phenolic OH excluding ortho intramolecular Hbond substituents is 1. The van der Waals surface area contributed by atoms with Gasteiger partial charge in [-0.2, -0.15) is 0 Å². The van der Waals surface area contributed by atoms with Gasteiger partial charge in [0.2, 0.25) is 0 Å². The molecule has 1 aliphatic heterocycles. The third-order valence-electron chi connectivity index (χ3n) is 4.87. The van der Waals surface area contributed by atoms with Crippen molar-refractivity contribution in [2.75, 3.05) is 5.32 Å². The van der Waals surface area contributed by atoms with E-state index in [1.807, 2.05) is 32.0 Å². The maximum atomic E-state index is 13.2. The van der Waals surface area contributed by atoms with Crippen LogP contribution in [-0.2, 0) is 11.3 Å². The molecule has 4 rings (SSSR count). The summed E-state index contributed by atoms with van der Waals surface area (Å²) in [6.45, 7) is 4.07. The molecule has 0 saturated heterocycles. The zero-order chi connectivity index (χ0) is 19.8. The SMILES string of the molecule is Cc1ccc(O)c(C(C(=O)Nc2nccs2)N2Cc3cccc(C)c3C2=O)c1. The first-order valence-electron chi connectivity index (χ1n) is 8.85. The van der Waals surface area contributed by atoms with Gasteiger partial charge in [-0.05, 0) is 37.1 Å². The molecule has 0 radical (unpaired) electrons. The Bertz CT molecular complexity index is 1060. The molecule has 2 aromatic carbocycles. The molecule has 1 atom stereocenters. The van der Waals surface area contributed by atoms with Gasteiger partial charge in [-0.25, -0.2) is 4.98 Å². The van der Waals surface area contributed by atoms with Crippen molar-refractivity contribution in [1.29, 1.82) is 0 Å². The summed E-state index contributed by atoms with van der Waals surface area (Å²) >= 11 is 1.30. The molecule has 1 unspecified atom stereocenters. The number of anilines is 1.